The molecule has 0 saturated heterocycles. The molecule has 0 atom stereocenters. The van der Waals surface area contributed by atoms with E-state index in [-0.39, 0.29) is 35.6 Å². The van der Waals surface area contributed by atoms with Crippen molar-refractivity contribution >= 4 is 11.6 Å². The van der Waals surface area contributed by atoms with Crippen LogP contribution in [0.25, 0.3) is 0 Å². The molecule has 0 aliphatic carbocycles. The summed E-state index contributed by atoms with van der Waals surface area (Å²) < 4.78 is 18.6. The van der Waals surface area contributed by atoms with Gasteiger partial charge in [-0.05, 0) is 54.8 Å². The molecule has 2 aromatic carbocycles. The molecule has 0 amide bonds. The Morgan fingerprint density at radius 2 is 1.38 bits per heavy atom. The van der Waals surface area contributed by atoms with Crippen LogP contribution in [0.2, 0.25) is 0 Å². The molecule has 170 valence electrons. The molecule has 2 rings (SSSR count). The zero-order chi connectivity index (χ0) is 23.7. The van der Waals surface area contributed by atoms with Gasteiger partial charge in [0.2, 0.25) is 0 Å². The van der Waals surface area contributed by atoms with Crippen LogP contribution in [0, 0.1) is 5.82 Å². The fourth-order valence-electron chi connectivity index (χ4n) is 3.21. The van der Waals surface area contributed by atoms with Crippen molar-refractivity contribution in [1.82, 2.24) is 0 Å². The number of aryl methyl sites for hydroxylation is 1. The standard InChI is InChI=1S/C26H29FO5/c1-4-21(22(28)5-2)26(31)25(23(29)6-3)24(30)16-9-17-7-12-19(13-8-17)32-20-14-10-18(27)11-15-20/h7-8,10-15,28,31H,4-6,9,16H2,1-3H3/b22-21+,26-25-. The van der Waals surface area contributed by atoms with Crippen LogP contribution in [0.5, 0.6) is 11.5 Å². The maximum Gasteiger partial charge on any atom is 0.170 e. The van der Waals surface area contributed by atoms with Gasteiger partial charge in [0.25, 0.3) is 0 Å². The Hall–Kier alpha value is -3.41. The lowest BCUT2D eigenvalue weighted by Crippen LogP contribution is -2.17. The number of Topliss-reactive ketones (excluding diaryl/α,β-unsaturated/α-hetero) is 2. The molecule has 0 heterocycles. The van der Waals surface area contributed by atoms with E-state index in [2.05, 4.69) is 0 Å². The number of halogens is 1. The Bertz CT molecular complexity index is 1000. The van der Waals surface area contributed by atoms with Crippen molar-refractivity contribution in [2.24, 2.45) is 0 Å². The Labute approximate surface area is 187 Å². The zero-order valence-corrected chi connectivity index (χ0v) is 18.7. The molecule has 0 radical (unpaired) electrons. The monoisotopic (exact) mass is 440 g/mol. The Balaban J connectivity index is 2.13. The quantitative estimate of drug-likeness (QED) is 0.136. The number of carbonyl (C=O) groups excluding carboxylic acids is 2. The number of carbonyl (C=O) groups is 2. The molecule has 2 aromatic rings. The molecule has 5 nitrogen and oxygen atoms in total. The number of benzene rings is 2. The molecular formula is C26H29FO5. The summed E-state index contributed by atoms with van der Waals surface area (Å²) in [6, 6.07) is 12.8. The number of rotatable bonds is 11. The van der Waals surface area contributed by atoms with E-state index in [1.807, 2.05) is 0 Å². The molecule has 0 aromatic heterocycles. The summed E-state index contributed by atoms with van der Waals surface area (Å²) in [7, 11) is 0. The average Bonchev–Trinajstić information content (AvgIpc) is 2.80. The number of ether oxygens (including phenoxy) is 1. The number of hydrogen-bond acceptors (Lipinski definition) is 5. The summed E-state index contributed by atoms with van der Waals surface area (Å²) >= 11 is 0. The van der Waals surface area contributed by atoms with Crippen molar-refractivity contribution in [3.05, 3.63) is 82.6 Å². The summed E-state index contributed by atoms with van der Waals surface area (Å²) in [5.74, 6) is -0.639. The largest absolute Gasteiger partial charge is 0.512 e. The Morgan fingerprint density at radius 3 is 1.88 bits per heavy atom. The first kappa shape index (κ1) is 24.9. The van der Waals surface area contributed by atoms with Gasteiger partial charge in [-0.15, -0.1) is 0 Å². The third-order valence-corrected chi connectivity index (χ3v) is 5.05. The molecule has 0 saturated carbocycles. The second-order valence-corrected chi connectivity index (χ2v) is 7.26. The van der Waals surface area contributed by atoms with E-state index in [0.717, 1.165) is 5.56 Å². The molecular weight excluding hydrogens is 411 g/mol. The second-order valence-electron chi connectivity index (χ2n) is 7.26. The molecule has 0 aliphatic rings. The summed E-state index contributed by atoms with van der Waals surface area (Å²) in [5, 5.41) is 20.7. The van der Waals surface area contributed by atoms with Crippen molar-refractivity contribution in [3.8, 4) is 11.5 Å². The van der Waals surface area contributed by atoms with E-state index in [1.165, 1.54) is 24.3 Å². The van der Waals surface area contributed by atoms with Crippen LogP contribution in [-0.4, -0.2) is 21.8 Å². The highest BCUT2D eigenvalue weighted by molar-refractivity contribution is 6.20. The third-order valence-electron chi connectivity index (χ3n) is 5.05. The maximum atomic E-state index is 13.0. The van der Waals surface area contributed by atoms with E-state index in [0.29, 0.717) is 30.8 Å². The predicted octanol–water partition coefficient (Wildman–Crippen LogP) is 6.54. The first-order valence-electron chi connectivity index (χ1n) is 10.7. The van der Waals surface area contributed by atoms with E-state index >= 15 is 0 Å². The lowest BCUT2D eigenvalue weighted by molar-refractivity contribution is -0.121. The lowest BCUT2D eigenvalue weighted by Gasteiger charge is -2.12. The molecule has 0 aliphatic heterocycles. The third kappa shape index (κ3) is 6.54. The van der Waals surface area contributed by atoms with Crippen molar-refractivity contribution in [3.63, 3.8) is 0 Å². The molecule has 32 heavy (non-hydrogen) atoms. The summed E-state index contributed by atoms with van der Waals surface area (Å²) in [5.41, 5.74) is 0.829. The van der Waals surface area contributed by atoms with Crippen molar-refractivity contribution < 1.29 is 28.9 Å². The Morgan fingerprint density at radius 1 is 0.812 bits per heavy atom. The highest BCUT2D eigenvalue weighted by Crippen LogP contribution is 2.25. The van der Waals surface area contributed by atoms with Gasteiger partial charge in [-0.25, -0.2) is 4.39 Å². The molecule has 0 unspecified atom stereocenters. The molecule has 0 bridgehead atoms. The summed E-state index contributed by atoms with van der Waals surface area (Å²) in [6.07, 6.45) is 1.07. The Kier molecular flexibility index (Phi) is 9.20. The second kappa shape index (κ2) is 11.8. The van der Waals surface area contributed by atoms with Crippen LogP contribution in [-0.2, 0) is 16.0 Å². The van der Waals surface area contributed by atoms with Crippen molar-refractivity contribution in [2.75, 3.05) is 0 Å². The number of ketones is 2. The smallest absolute Gasteiger partial charge is 0.170 e. The lowest BCUT2D eigenvalue weighted by atomic mass is 9.94. The van der Waals surface area contributed by atoms with Crippen LogP contribution < -0.4 is 4.74 Å². The van der Waals surface area contributed by atoms with Gasteiger partial charge < -0.3 is 14.9 Å². The summed E-state index contributed by atoms with van der Waals surface area (Å²) in [4.78, 5) is 25.2. The van der Waals surface area contributed by atoms with Crippen LogP contribution in [0.15, 0.2) is 71.2 Å². The van der Waals surface area contributed by atoms with Crippen molar-refractivity contribution in [2.45, 2.75) is 52.9 Å². The highest BCUT2D eigenvalue weighted by atomic mass is 19.1. The van der Waals surface area contributed by atoms with Gasteiger partial charge in [-0.1, -0.05) is 32.9 Å². The van der Waals surface area contributed by atoms with Crippen LogP contribution in [0.1, 0.15) is 52.0 Å². The molecule has 0 spiro atoms. The van der Waals surface area contributed by atoms with Crippen LogP contribution >= 0.6 is 0 Å². The minimum Gasteiger partial charge on any atom is -0.512 e. The SMILES string of the molecule is CCC(=O)/C(C(=O)CCc1ccc(Oc2ccc(F)cc2)cc1)=C(O)\C(CC)=C(\O)CC. The van der Waals surface area contributed by atoms with Gasteiger partial charge in [-0.3, -0.25) is 9.59 Å². The molecule has 0 fully saturated rings. The minimum absolute atomic E-state index is 0.0315. The van der Waals surface area contributed by atoms with Crippen LogP contribution in [0.3, 0.4) is 0 Å². The number of allylic oxidation sites excluding steroid dienone is 3. The van der Waals surface area contributed by atoms with Gasteiger partial charge in [0.05, 0.1) is 5.76 Å². The minimum atomic E-state index is -0.462. The van der Waals surface area contributed by atoms with E-state index < -0.39 is 17.3 Å². The topological polar surface area (TPSA) is 83.8 Å². The van der Waals surface area contributed by atoms with E-state index in [9.17, 15) is 24.2 Å². The normalized spacial score (nSPS) is 12.6. The van der Waals surface area contributed by atoms with Gasteiger partial charge >= 0.3 is 0 Å². The van der Waals surface area contributed by atoms with Gasteiger partial charge in [0.1, 0.15) is 28.6 Å². The van der Waals surface area contributed by atoms with Crippen LogP contribution in [0.4, 0.5) is 4.39 Å². The summed E-state index contributed by atoms with van der Waals surface area (Å²) in [6.45, 7) is 5.09. The van der Waals surface area contributed by atoms with E-state index in [1.54, 1.807) is 45.0 Å². The van der Waals surface area contributed by atoms with Crippen molar-refractivity contribution in [1.29, 1.82) is 0 Å². The number of hydrogen-bond donors (Lipinski definition) is 2. The fraction of sp³-hybridized carbons (Fsp3) is 0.308. The fourth-order valence-corrected chi connectivity index (χ4v) is 3.21. The van der Waals surface area contributed by atoms with Gasteiger partial charge in [-0.2, -0.15) is 0 Å². The predicted molar refractivity (Wildman–Crippen MR) is 121 cm³/mol. The average molecular weight is 441 g/mol. The highest BCUT2D eigenvalue weighted by Gasteiger charge is 2.24. The maximum absolute atomic E-state index is 13.0. The first-order chi connectivity index (χ1) is 15.3. The first-order valence-corrected chi connectivity index (χ1v) is 10.7. The van der Waals surface area contributed by atoms with Gasteiger partial charge in [0.15, 0.2) is 11.6 Å². The molecule has 2 N–H and O–H groups in total. The number of aliphatic hydroxyl groups is 2. The number of aliphatic hydroxyl groups excluding tert-OH is 2. The molecule has 6 heteroatoms. The van der Waals surface area contributed by atoms with Gasteiger partial charge in [0, 0.05) is 24.8 Å². The van der Waals surface area contributed by atoms with E-state index in [4.69, 9.17) is 4.74 Å². The zero-order valence-electron chi connectivity index (χ0n) is 18.7.